The number of hydrogen-bond acceptors (Lipinski definition) is 4. The summed E-state index contributed by atoms with van der Waals surface area (Å²) in [5.41, 5.74) is 0. The molecule has 0 unspecified atom stereocenters. The minimum Gasteiger partial charge on any atom is -0.447 e. The first-order valence-electron chi connectivity index (χ1n) is 4.49. The van der Waals surface area contributed by atoms with Crippen molar-refractivity contribution in [3.05, 3.63) is 46.6 Å². The molecular weight excluding hydrogens is 290 g/mol. The van der Waals surface area contributed by atoms with Gasteiger partial charge in [-0.25, -0.2) is 0 Å². The van der Waals surface area contributed by atoms with Gasteiger partial charge in [-0.05, 0) is 28.1 Å². The van der Waals surface area contributed by atoms with Gasteiger partial charge in [0.05, 0.1) is 4.47 Å². The molecule has 0 saturated carbocycles. The highest BCUT2D eigenvalue weighted by atomic mass is 79.9. The summed E-state index contributed by atoms with van der Waals surface area (Å²) in [6.45, 7) is 0. The van der Waals surface area contributed by atoms with Crippen LogP contribution in [-0.4, -0.2) is 11.4 Å². The molecule has 3 nitrogen and oxygen atoms in total. The van der Waals surface area contributed by atoms with E-state index >= 15 is 0 Å². The van der Waals surface area contributed by atoms with Crippen LogP contribution < -0.4 is 0 Å². The lowest BCUT2D eigenvalue weighted by Crippen LogP contribution is -1.72. The van der Waals surface area contributed by atoms with E-state index in [2.05, 4.69) is 21.1 Å². The molecule has 0 amide bonds. The molecule has 16 heavy (non-hydrogen) atoms. The first-order valence-corrected chi connectivity index (χ1v) is 6.10. The Labute approximate surface area is 105 Å². The van der Waals surface area contributed by atoms with Crippen LogP contribution >= 0.6 is 27.7 Å². The van der Waals surface area contributed by atoms with Gasteiger partial charge in [0.25, 0.3) is 0 Å². The molecule has 5 heteroatoms. The van der Waals surface area contributed by atoms with Crippen LogP contribution in [0.25, 0.3) is 0 Å². The van der Waals surface area contributed by atoms with Gasteiger partial charge in [0.15, 0.2) is 10.9 Å². The van der Waals surface area contributed by atoms with E-state index in [1.807, 2.05) is 30.3 Å². The Hall–Kier alpha value is -1.20. The Morgan fingerprint density at radius 3 is 2.75 bits per heavy atom. The summed E-state index contributed by atoms with van der Waals surface area (Å²) in [5.74, 6) is 0.507. The maximum Gasteiger partial charge on any atom is 0.180 e. The van der Waals surface area contributed by atoms with Gasteiger partial charge in [0, 0.05) is 11.0 Å². The van der Waals surface area contributed by atoms with Crippen LogP contribution in [0.2, 0.25) is 0 Å². The summed E-state index contributed by atoms with van der Waals surface area (Å²) in [6.07, 6.45) is 1.25. The van der Waals surface area contributed by atoms with Crippen molar-refractivity contribution in [2.24, 2.45) is 5.16 Å². The topological polar surface area (TPSA) is 45.7 Å². The lowest BCUT2D eigenvalue weighted by atomic mass is 10.4. The average Bonchev–Trinajstić information content (AvgIpc) is 2.61. The number of furan rings is 1. The lowest BCUT2D eigenvalue weighted by Gasteiger charge is -1.97. The number of benzene rings is 1. The number of halogens is 1. The minimum absolute atomic E-state index is 0.507. The Morgan fingerprint density at radius 1 is 1.31 bits per heavy atom. The second-order valence-electron chi connectivity index (χ2n) is 2.94. The summed E-state index contributed by atoms with van der Waals surface area (Å²) in [7, 11) is 0. The smallest absolute Gasteiger partial charge is 0.180 e. The molecule has 2 rings (SSSR count). The van der Waals surface area contributed by atoms with Crippen molar-refractivity contribution in [3.8, 4) is 0 Å². The van der Waals surface area contributed by atoms with Crippen LogP contribution in [-0.2, 0) is 0 Å². The minimum atomic E-state index is 0.507. The molecule has 1 aromatic carbocycles. The van der Waals surface area contributed by atoms with Crippen molar-refractivity contribution in [1.29, 1.82) is 0 Å². The van der Waals surface area contributed by atoms with Gasteiger partial charge in [-0.3, -0.25) is 0 Å². The van der Waals surface area contributed by atoms with Gasteiger partial charge >= 0.3 is 0 Å². The zero-order chi connectivity index (χ0) is 11.4. The van der Waals surface area contributed by atoms with E-state index in [0.29, 0.717) is 5.76 Å². The third-order valence-corrected chi connectivity index (χ3v) is 3.66. The van der Waals surface area contributed by atoms with Gasteiger partial charge in [0.2, 0.25) is 0 Å². The molecule has 0 atom stereocenters. The maximum atomic E-state index is 8.40. The van der Waals surface area contributed by atoms with E-state index < -0.39 is 0 Å². The molecule has 0 saturated heterocycles. The van der Waals surface area contributed by atoms with Crippen LogP contribution in [0.15, 0.2) is 60.4 Å². The molecule has 0 bridgehead atoms. The molecule has 0 aliphatic carbocycles. The van der Waals surface area contributed by atoms with E-state index in [0.717, 1.165) is 14.5 Å². The Bertz CT molecular complexity index is 496. The zero-order valence-corrected chi connectivity index (χ0v) is 10.5. The lowest BCUT2D eigenvalue weighted by molar-refractivity contribution is 0.320. The van der Waals surface area contributed by atoms with Crippen LogP contribution in [0.4, 0.5) is 0 Å². The molecular formula is C11H8BrNO2S. The largest absolute Gasteiger partial charge is 0.447 e. The van der Waals surface area contributed by atoms with Gasteiger partial charge in [-0.1, -0.05) is 35.1 Å². The third kappa shape index (κ3) is 2.68. The molecule has 0 fully saturated rings. The first-order chi connectivity index (χ1) is 7.79. The number of oxime groups is 1. The average molecular weight is 298 g/mol. The van der Waals surface area contributed by atoms with Gasteiger partial charge in [-0.2, -0.15) is 0 Å². The summed E-state index contributed by atoms with van der Waals surface area (Å²) >= 11 is 4.89. The molecule has 0 aliphatic heterocycles. The molecule has 0 aliphatic rings. The van der Waals surface area contributed by atoms with E-state index in [1.165, 1.54) is 18.0 Å². The van der Waals surface area contributed by atoms with E-state index in [1.54, 1.807) is 6.07 Å². The highest BCUT2D eigenvalue weighted by Crippen LogP contribution is 2.35. The van der Waals surface area contributed by atoms with Crippen LogP contribution in [0.1, 0.15) is 5.76 Å². The fraction of sp³-hybridized carbons (Fsp3) is 0. The van der Waals surface area contributed by atoms with Crippen molar-refractivity contribution in [3.63, 3.8) is 0 Å². The maximum absolute atomic E-state index is 8.40. The fourth-order valence-electron chi connectivity index (χ4n) is 1.15. The van der Waals surface area contributed by atoms with E-state index in [4.69, 9.17) is 9.62 Å². The monoisotopic (exact) mass is 297 g/mol. The molecule has 0 spiro atoms. The normalized spacial score (nSPS) is 11.1. The second kappa shape index (κ2) is 5.23. The second-order valence-corrected chi connectivity index (χ2v) is 4.84. The standard InChI is InChI=1S/C11H8BrNO2S/c12-10-6-8(7-13-14)15-11(10)16-9-4-2-1-3-5-9/h1-7,14H. The zero-order valence-electron chi connectivity index (χ0n) is 8.13. The van der Waals surface area contributed by atoms with Crippen molar-refractivity contribution < 1.29 is 9.62 Å². The van der Waals surface area contributed by atoms with Crippen LogP contribution in [0.3, 0.4) is 0 Å². The van der Waals surface area contributed by atoms with Gasteiger partial charge in [-0.15, -0.1) is 0 Å². The molecule has 2 aromatic rings. The highest BCUT2D eigenvalue weighted by Gasteiger charge is 2.09. The Morgan fingerprint density at radius 2 is 2.06 bits per heavy atom. The summed E-state index contributed by atoms with van der Waals surface area (Å²) in [4.78, 5) is 1.09. The van der Waals surface area contributed by atoms with Crippen LogP contribution in [0, 0.1) is 0 Å². The number of rotatable bonds is 3. The summed E-state index contributed by atoms with van der Waals surface area (Å²) in [5, 5.41) is 12.1. The van der Waals surface area contributed by atoms with Gasteiger partial charge in [0.1, 0.15) is 6.21 Å². The summed E-state index contributed by atoms with van der Waals surface area (Å²) in [6, 6.07) is 11.7. The molecule has 1 heterocycles. The molecule has 1 aromatic heterocycles. The number of nitrogens with zero attached hydrogens (tertiary/aromatic N) is 1. The quantitative estimate of drug-likeness (QED) is 0.529. The fourth-order valence-corrected chi connectivity index (χ4v) is 2.51. The van der Waals surface area contributed by atoms with E-state index in [9.17, 15) is 0 Å². The van der Waals surface area contributed by atoms with Gasteiger partial charge < -0.3 is 9.62 Å². The van der Waals surface area contributed by atoms with Crippen molar-refractivity contribution in [2.45, 2.75) is 9.99 Å². The first kappa shape index (κ1) is 11.3. The van der Waals surface area contributed by atoms with Crippen molar-refractivity contribution >= 4 is 33.9 Å². The molecule has 82 valence electrons. The molecule has 0 radical (unpaired) electrons. The Kier molecular flexibility index (Phi) is 3.69. The highest BCUT2D eigenvalue weighted by molar-refractivity contribution is 9.10. The summed E-state index contributed by atoms with van der Waals surface area (Å²) < 4.78 is 6.31. The predicted octanol–water partition coefficient (Wildman–Crippen LogP) is 4.00. The molecule has 1 N–H and O–H groups in total. The SMILES string of the molecule is ON=Cc1cc(Br)c(Sc2ccccc2)o1. The van der Waals surface area contributed by atoms with Crippen molar-refractivity contribution in [1.82, 2.24) is 0 Å². The number of hydrogen-bond donors (Lipinski definition) is 1. The van der Waals surface area contributed by atoms with E-state index in [-0.39, 0.29) is 0 Å². The Balaban J connectivity index is 2.22. The predicted molar refractivity (Wildman–Crippen MR) is 66.4 cm³/mol. The van der Waals surface area contributed by atoms with Crippen molar-refractivity contribution in [2.75, 3.05) is 0 Å². The third-order valence-electron chi connectivity index (χ3n) is 1.81. The van der Waals surface area contributed by atoms with Crippen LogP contribution in [0.5, 0.6) is 0 Å².